The quantitative estimate of drug-likeness (QED) is 0.937. The minimum absolute atomic E-state index is 0.0572. The number of carbonyl (C=O) groups is 1. The van der Waals surface area contributed by atoms with Gasteiger partial charge >= 0.3 is 0 Å². The maximum atomic E-state index is 12.5. The van der Waals surface area contributed by atoms with Gasteiger partial charge in [0.1, 0.15) is 0 Å². The summed E-state index contributed by atoms with van der Waals surface area (Å²) in [6.07, 6.45) is 1.12. The van der Waals surface area contributed by atoms with Crippen LogP contribution < -0.4 is 9.62 Å². The van der Waals surface area contributed by atoms with Crippen LogP contribution in [0.2, 0.25) is 0 Å². The van der Waals surface area contributed by atoms with Crippen molar-refractivity contribution < 1.29 is 13.2 Å². The molecule has 0 aromatic heterocycles. The highest BCUT2D eigenvalue weighted by Gasteiger charge is 2.25. The molecule has 23 heavy (non-hydrogen) atoms. The lowest BCUT2D eigenvalue weighted by molar-refractivity contribution is -0.118. The number of anilines is 2. The second-order valence-electron chi connectivity index (χ2n) is 5.41. The topological polar surface area (TPSA) is 66.5 Å². The molecule has 1 aliphatic heterocycles. The van der Waals surface area contributed by atoms with Crippen LogP contribution in [-0.4, -0.2) is 20.9 Å². The van der Waals surface area contributed by atoms with Crippen molar-refractivity contribution in [1.82, 2.24) is 0 Å². The molecule has 120 valence electrons. The van der Waals surface area contributed by atoms with E-state index in [1.165, 1.54) is 0 Å². The molecule has 0 fully saturated rings. The molecule has 1 heterocycles. The molecule has 6 heteroatoms. The van der Waals surface area contributed by atoms with E-state index in [0.29, 0.717) is 25.1 Å². The molecule has 0 bridgehead atoms. The van der Waals surface area contributed by atoms with Gasteiger partial charge in [0.15, 0.2) is 0 Å². The minimum atomic E-state index is -3.63. The minimum Gasteiger partial charge on any atom is -0.312 e. The predicted octanol–water partition coefficient (Wildman–Crippen LogP) is 2.79. The van der Waals surface area contributed by atoms with Gasteiger partial charge in [0, 0.05) is 24.3 Å². The first-order valence-electron chi connectivity index (χ1n) is 7.52. The SMILES string of the molecule is CCC(=O)N1CCc2cc(S(=O)(=O)Nc3ccccc3)ccc21. The van der Waals surface area contributed by atoms with Gasteiger partial charge in [-0.15, -0.1) is 0 Å². The van der Waals surface area contributed by atoms with Crippen LogP contribution in [0.15, 0.2) is 53.4 Å². The van der Waals surface area contributed by atoms with Crippen molar-refractivity contribution in [2.75, 3.05) is 16.2 Å². The van der Waals surface area contributed by atoms with Gasteiger partial charge in [-0.3, -0.25) is 9.52 Å². The van der Waals surface area contributed by atoms with Gasteiger partial charge in [-0.05, 0) is 42.3 Å². The van der Waals surface area contributed by atoms with Gasteiger partial charge < -0.3 is 4.90 Å². The Morgan fingerprint density at radius 3 is 2.61 bits per heavy atom. The Kier molecular flexibility index (Phi) is 4.09. The van der Waals surface area contributed by atoms with Gasteiger partial charge in [0.25, 0.3) is 10.0 Å². The number of para-hydroxylation sites is 1. The number of amides is 1. The van der Waals surface area contributed by atoms with E-state index in [-0.39, 0.29) is 10.8 Å². The molecule has 1 N–H and O–H groups in total. The van der Waals surface area contributed by atoms with Crippen LogP contribution in [0.25, 0.3) is 0 Å². The molecule has 5 nitrogen and oxygen atoms in total. The molecule has 2 aromatic carbocycles. The van der Waals surface area contributed by atoms with Crippen LogP contribution in [0.4, 0.5) is 11.4 Å². The Balaban J connectivity index is 1.89. The number of nitrogens with zero attached hydrogens (tertiary/aromatic N) is 1. The second-order valence-corrected chi connectivity index (χ2v) is 7.09. The van der Waals surface area contributed by atoms with Crippen molar-refractivity contribution in [2.45, 2.75) is 24.7 Å². The maximum absolute atomic E-state index is 12.5. The van der Waals surface area contributed by atoms with Gasteiger partial charge in [-0.2, -0.15) is 0 Å². The second kappa shape index (κ2) is 6.04. The lowest BCUT2D eigenvalue weighted by atomic mass is 10.2. The molecule has 0 saturated heterocycles. The Bertz CT molecular complexity index is 832. The van der Waals surface area contributed by atoms with E-state index >= 15 is 0 Å². The molecule has 0 atom stereocenters. The fourth-order valence-electron chi connectivity index (χ4n) is 2.72. The zero-order chi connectivity index (χ0) is 16.4. The van der Waals surface area contributed by atoms with Crippen LogP contribution in [0.5, 0.6) is 0 Å². The van der Waals surface area contributed by atoms with Crippen molar-refractivity contribution in [2.24, 2.45) is 0 Å². The van der Waals surface area contributed by atoms with Gasteiger partial charge in [-0.1, -0.05) is 25.1 Å². The molecule has 2 aromatic rings. The molecular weight excluding hydrogens is 312 g/mol. The van der Waals surface area contributed by atoms with Crippen LogP contribution >= 0.6 is 0 Å². The maximum Gasteiger partial charge on any atom is 0.261 e. The van der Waals surface area contributed by atoms with Crippen molar-refractivity contribution in [3.8, 4) is 0 Å². The number of benzene rings is 2. The number of fused-ring (bicyclic) bond motifs is 1. The summed E-state index contributed by atoms with van der Waals surface area (Å²) in [7, 11) is -3.63. The zero-order valence-corrected chi connectivity index (χ0v) is 13.6. The average Bonchev–Trinajstić information content (AvgIpc) is 2.98. The standard InChI is InChI=1S/C17H18N2O3S/c1-2-17(20)19-11-10-13-12-15(8-9-16(13)19)23(21,22)18-14-6-4-3-5-7-14/h3-9,12,18H,2,10-11H2,1H3. The molecule has 3 rings (SSSR count). The lowest BCUT2D eigenvalue weighted by Crippen LogP contribution is -2.27. The number of nitrogens with one attached hydrogen (secondary N) is 1. The third-order valence-electron chi connectivity index (χ3n) is 3.89. The van der Waals surface area contributed by atoms with E-state index in [0.717, 1.165) is 11.3 Å². The molecule has 1 aliphatic rings. The van der Waals surface area contributed by atoms with Crippen molar-refractivity contribution in [3.05, 3.63) is 54.1 Å². The molecule has 0 unspecified atom stereocenters. The van der Waals surface area contributed by atoms with Crippen molar-refractivity contribution >= 4 is 27.3 Å². The summed E-state index contributed by atoms with van der Waals surface area (Å²) in [5.74, 6) is 0.0572. The number of hydrogen-bond acceptors (Lipinski definition) is 3. The van der Waals surface area contributed by atoms with E-state index in [9.17, 15) is 13.2 Å². The highest BCUT2D eigenvalue weighted by Crippen LogP contribution is 2.31. The summed E-state index contributed by atoms with van der Waals surface area (Å²) in [4.78, 5) is 13.8. The van der Waals surface area contributed by atoms with E-state index in [2.05, 4.69) is 4.72 Å². The Morgan fingerprint density at radius 1 is 1.17 bits per heavy atom. The van der Waals surface area contributed by atoms with E-state index in [4.69, 9.17) is 0 Å². The first kappa shape index (κ1) is 15.6. The van der Waals surface area contributed by atoms with Crippen LogP contribution in [0, 0.1) is 0 Å². The first-order valence-corrected chi connectivity index (χ1v) is 9.01. The smallest absolute Gasteiger partial charge is 0.261 e. The Morgan fingerprint density at radius 2 is 1.91 bits per heavy atom. The summed E-state index contributed by atoms with van der Waals surface area (Å²) in [6.45, 7) is 2.43. The number of carbonyl (C=O) groups excluding carboxylic acids is 1. The number of hydrogen-bond donors (Lipinski definition) is 1. The van der Waals surface area contributed by atoms with E-state index in [1.807, 2.05) is 13.0 Å². The summed E-state index contributed by atoms with van der Waals surface area (Å²) >= 11 is 0. The number of sulfonamides is 1. The summed E-state index contributed by atoms with van der Waals surface area (Å²) in [5, 5.41) is 0. The summed E-state index contributed by atoms with van der Waals surface area (Å²) in [6, 6.07) is 13.7. The summed E-state index contributed by atoms with van der Waals surface area (Å²) in [5.41, 5.74) is 2.23. The lowest BCUT2D eigenvalue weighted by Gasteiger charge is -2.16. The Hall–Kier alpha value is -2.34. The molecule has 0 aliphatic carbocycles. The molecule has 0 radical (unpaired) electrons. The third-order valence-corrected chi connectivity index (χ3v) is 5.27. The van der Waals surface area contributed by atoms with Gasteiger partial charge in [0.2, 0.25) is 5.91 Å². The zero-order valence-electron chi connectivity index (χ0n) is 12.8. The van der Waals surface area contributed by atoms with Crippen LogP contribution in [0.1, 0.15) is 18.9 Å². The Labute approximate surface area is 136 Å². The fourth-order valence-corrected chi connectivity index (χ4v) is 3.82. The summed E-state index contributed by atoms with van der Waals surface area (Å²) < 4.78 is 27.5. The van der Waals surface area contributed by atoms with Crippen LogP contribution in [0.3, 0.4) is 0 Å². The highest BCUT2D eigenvalue weighted by atomic mass is 32.2. The molecule has 0 saturated carbocycles. The molecular formula is C17H18N2O3S. The fraction of sp³-hybridized carbons (Fsp3) is 0.235. The van der Waals surface area contributed by atoms with Crippen molar-refractivity contribution in [3.63, 3.8) is 0 Å². The van der Waals surface area contributed by atoms with E-state index < -0.39 is 10.0 Å². The largest absolute Gasteiger partial charge is 0.312 e. The predicted molar refractivity (Wildman–Crippen MR) is 90.0 cm³/mol. The van der Waals surface area contributed by atoms with Gasteiger partial charge in [0.05, 0.1) is 4.90 Å². The number of rotatable bonds is 4. The van der Waals surface area contributed by atoms with Crippen molar-refractivity contribution in [1.29, 1.82) is 0 Å². The molecule has 1 amide bonds. The van der Waals surface area contributed by atoms with E-state index in [1.54, 1.807) is 47.4 Å². The normalized spacial score (nSPS) is 13.7. The first-order chi connectivity index (χ1) is 11.0. The molecule has 0 spiro atoms. The average molecular weight is 330 g/mol. The third kappa shape index (κ3) is 3.07. The van der Waals surface area contributed by atoms with Gasteiger partial charge in [-0.25, -0.2) is 8.42 Å². The van der Waals surface area contributed by atoms with Crippen LogP contribution in [-0.2, 0) is 21.2 Å². The monoisotopic (exact) mass is 330 g/mol. The highest BCUT2D eigenvalue weighted by molar-refractivity contribution is 7.92.